The predicted molar refractivity (Wildman–Crippen MR) is 288 cm³/mol. The summed E-state index contributed by atoms with van der Waals surface area (Å²) in [4.78, 5) is 2.44. The van der Waals surface area contributed by atoms with E-state index in [1.54, 1.807) is 0 Å². The molecule has 0 fully saturated rings. The first-order valence-electron chi connectivity index (χ1n) is 23.3. The summed E-state index contributed by atoms with van der Waals surface area (Å²) in [7, 11) is 0. The van der Waals surface area contributed by atoms with Crippen LogP contribution in [0.4, 0.5) is 17.1 Å². The lowest BCUT2D eigenvalue weighted by Gasteiger charge is -2.29. The van der Waals surface area contributed by atoms with Crippen LogP contribution in [0.3, 0.4) is 0 Å². The molecular formula is C66H46N2. The fourth-order valence-electron chi connectivity index (χ4n) is 10.1. The normalized spacial score (nSPS) is 11.2. The first kappa shape index (κ1) is 40.5. The van der Waals surface area contributed by atoms with Crippen LogP contribution in [0.5, 0.6) is 0 Å². The maximum absolute atomic E-state index is 2.44. The number of nitrogens with zero attached hydrogens (tertiary/aromatic N) is 2. The van der Waals surface area contributed by atoms with Crippen molar-refractivity contribution in [1.29, 1.82) is 0 Å². The Hall–Kier alpha value is -8.98. The van der Waals surface area contributed by atoms with Gasteiger partial charge in [-0.1, -0.05) is 218 Å². The lowest BCUT2D eigenvalue weighted by Crippen LogP contribution is -2.11. The molecule has 2 nitrogen and oxygen atoms in total. The van der Waals surface area contributed by atoms with E-state index in [4.69, 9.17) is 0 Å². The maximum atomic E-state index is 2.44. The minimum atomic E-state index is 1.07. The monoisotopic (exact) mass is 866 g/mol. The van der Waals surface area contributed by atoms with Gasteiger partial charge in [0, 0.05) is 33.4 Å². The van der Waals surface area contributed by atoms with Gasteiger partial charge in [-0.25, -0.2) is 0 Å². The fourth-order valence-corrected chi connectivity index (χ4v) is 10.1. The Morgan fingerprint density at radius 3 is 1.44 bits per heavy atom. The van der Waals surface area contributed by atoms with Gasteiger partial charge in [0.05, 0.1) is 16.7 Å². The summed E-state index contributed by atoms with van der Waals surface area (Å²) in [6.07, 6.45) is 0. The molecule has 11 aromatic carbocycles. The molecule has 0 saturated carbocycles. The molecule has 0 aliphatic heterocycles. The van der Waals surface area contributed by atoms with Crippen LogP contribution < -0.4 is 4.90 Å². The van der Waals surface area contributed by atoms with E-state index in [2.05, 4.69) is 289 Å². The van der Waals surface area contributed by atoms with Crippen LogP contribution in [0, 0.1) is 0 Å². The highest BCUT2D eigenvalue weighted by molar-refractivity contribution is 6.16. The van der Waals surface area contributed by atoms with Crippen LogP contribution in [0.25, 0.3) is 94.3 Å². The number of hydrogen-bond acceptors (Lipinski definition) is 1. The number of para-hydroxylation sites is 3. The molecule has 0 spiro atoms. The number of aromatic nitrogens is 1. The lowest BCUT2D eigenvalue weighted by atomic mass is 9.88. The summed E-state index contributed by atoms with van der Waals surface area (Å²) in [5.41, 5.74) is 20.9. The summed E-state index contributed by atoms with van der Waals surface area (Å²) in [6, 6.07) is 101. The molecule has 0 unspecified atom stereocenters. The Bertz CT molecular complexity index is 3720. The van der Waals surface area contributed by atoms with Crippen molar-refractivity contribution in [3.05, 3.63) is 279 Å². The van der Waals surface area contributed by atoms with E-state index < -0.39 is 0 Å². The first-order valence-corrected chi connectivity index (χ1v) is 23.3. The quantitative estimate of drug-likeness (QED) is 0.133. The van der Waals surface area contributed by atoms with Crippen molar-refractivity contribution >= 4 is 38.9 Å². The highest BCUT2D eigenvalue weighted by Crippen LogP contribution is 2.47. The molecule has 0 bridgehead atoms. The average molecular weight is 867 g/mol. The van der Waals surface area contributed by atoms with Gasteiger partial charge in [-0.15, -0.1) is 0 Å². The second-order valence-electron chi connectivity index (χ2n) is 17.2. The second-order valence-corrected chi connectivity index (χ2v) is 17.2. The summed E-state index contributed by atoms with van der Waals surface area (Å²) in [5.74, 6) is 0. The number of benzene rings is 11. The minimum Gasteiger partial charge on any atom is -0.310 e. The Labute approximate surface area is 397 Å². The lowest BCUT2D eigenvalue weighted by molar-refractivity contribution is 1.18. The molecule has 0 atom stereocenters. The van der Waals surface area contributed by atoms with E-state index in [1.165, 1.54) is 71.9 Å². The van der Waals surface area contributed by atoms with Crippen LogP contribution in [0.15, 0.2) is 279 Å². The summed E-state index contributed by atoms with van der Waals surface area (Å²) >= 11 is 0. The first-order chi connectivity index (χ1) is 33.8. The predicted octanol–water partition coefficient (Wildman–Crippen LogP) is 18.3. The Balaban J connectivity index is 1.04. The molecule has 1 aromatic heterocycles. The highest BCUT2D eigenvalue weighted by Gasteiger charge is 2.22. The van der Waals surface area contributed by atoms with Gasteiger partial charge in [0.1, 0.15) is 0 Å². The Morgan fingerprint density at radius 2 is 0.721 bits per heavy atom. The van der Waals surface area contributed by atoms with E-state index >= 15 is 0 Å². The zero-order valence-electron chi connectivity index (χ0n) is 37.5. The maximum Gasteiger partial charge on any atom is 0.0547 e. The molecular weight excluding hydrogens is 821 g/mol. The second kappa shape index (κ2) is 17.8. The average Bonchev–Trinajstić information content (AvgIpc) is 3.77. The third kappa shape index (κ3) is 7.45. The van der Waals surface area contributed by atoms with Crippen LogP contribution in [0.2, 0.25) is 0 Å². The van der Waals surface area contributed by atoms with Crippen LogP contribution in [-0.4, -0.2) is 4.57 Å². The van der Waals surface area contributed by atoms with Crippen molar-refractivity contribution < 1.29 is 0 Å². The van der Waals surface area contributed by atoms with E-state index in [1.807, 2.05) is 0 Å². The molecule has 1 heterocycles. The van der Waals surface area contributed by atoms with Gasteiger partial charge in [-0.05, 0) is 122 Å². The molecule has 0 aliphatic rings. The molecule has 2 heteroatoms. The van der Waals surface area contributed by atoms with Gasteiger partial charge in [-0.3, -0.25) is 0 Å². The zero-order valence-corrected chi connectivity index (χ0v) is 37.5. The summed E-state index contributed by atoms with van der Waals surface area (Å²) < 4.78 is 2.39. The molecule has 0 saturated heterocycles. The Kier molecular flexibility index (Phi) is 10.6. The van der Waals surface area contributed by atoms with Crippen molar-refractivity contribution in [3.8, 4) is 72.4 Å². The van der Waals surface area contributed by atoms with Crippen molar-refractivity contribution in [2.24, 2.45) is 0 Å². The van der Waals surface area contributed by atoms with Gasteiger partial charge in [0.15, 0.2) is 0 Å². The van der Waals surface area contributed by atoms with E-state index in [0.29, 0.717) is 0 Å². The van der Waals surface area contributed by atoms with Gasteiger partial charge in [0.2, 0.25) is 0 Å². The SMILES string of the molecule is c1ccc(-c2cccc(-c3ccc(N(c4cccc(-c5cccc6c5c5ccccc5n6-c5ccccc5)c4)c4ccccc4-c4ccccc4-c4ccccc4-c4ccccc4)cc3)c2)cc1. The highest BCUT2D eigenvalue weighted by atomic mass is 15.1. The molecule has 0 radical (unpaired) electrons. The number of fused-ring (bicyclic) bond motifs is 3. The van der Waals surface area contributed by atoms with E-state index in [0.717, 1.165) is 39.4 Å². The van der Waals surface area contributed by atoms with Crippen molar-refractivity contribution in [2.45, 2.75) is 0 Å². The third-order valence-electron chi connectivity index (χ3n) is 13.2. The van der Waals surface area contributed by atoms with Crippen molar-refractivity contribution in [3.63, 3.8) is 0 Å². The van der Waals surface area contributed by atoms with Crippen LogP contribution >= 0.6 is 0 Å². The molecule has 320 valence electrons. The fraction of sp³-hybridized carbons (Fsp3) is 0. The van der Waals surface area contributed by atoms with Crippen LogP contribution in [-0.2, 0) is 0 Å². The largest absolute Gasteiger partial charge is 0.310 e. The van der Waals surface area contributed by atoms with Gasteiger partial charge >= 0.3 is 0 Å². The molecule has 12 rings (SSSR count). The topological polar surface area (TPSA) is 8.17 Å². The molecule has 0 amide bonds. The summed E-state index contributed by atoms with van der Waals surface area (Å²) in [5, 5.41) is 2.47. The molecule has 0 aliphatic carbocycles. The third-order valence-corrected chi connectivity index (χ3v) is 13.2. The standard InChI is InChI=1S/C66H46N2/c1-4-21-47(22-5-1)50-25-18-26-51(45-50)48-41-43-54(44-42-48)67(63-38-16-14-35-61(63)60-34-13-12-33-59(60)58-32-11-10-31-56(58)49-23-6-2-7-24-49)55-30-19-27-52(46-55)57-37-20-40-65-66(57)62-36-15-17-39-64(62)68(65)53-28-8-3-9-29-53/h1-46H. The van der Waals surface area contributed by atoms with Gasteiger partial charge in [0.25, 0.3) is 0 Å². The van der Waals surface area contributed by atoms with Gasteiger partial charge in [-0.2, -0.15) is 0 Å². The molecule has 68 heavy (non-hydrogen) atoms. The number of rotatable bonds is 10. The smallest absolute Gasteiger partial charge is 0.0547 e. The number of hydrogen-bond donors (Lipinski definition) is 0. The zero-order chi connectivity index (χ0) is 45.2. The van der Waals surface area contributed by atoms with Crippen LogP contribution in [0.1, 0.15) is 0 Å². The number of anilines is 3. The molecule has 12 aromatic rings. The Morgan fingerprint density at radius 1 is 0.250 bits per heavy atom. The van der Waals surface area contributed by atoms with Crippen molar-refractivity contribution in [1.82, 2.24) is 4.57 Å². The van der Waals surface area contributed by atoms with E-state index in [-0.39, 0.29) is 0 Å². The summed E-state index contributed by atoms with van der Waals surface area (Å²) in [6.45, 7) is 0. The minimum absolute atomic E-state index is 1.07. The molecule has 0 N–H and O–H groups in total. The van der Waals surface area contributed by atoms with E-state index in [9.17, 15) is 0 Å². The van der Waals surface area contributed by atoms with Crippen molar-refractivity contribution in [2.75, 3.05) is 4.90 Å². The van der Waals surface area contributed by atoms with Gasteiger partial charge < -0.3 is 9.47 Å².